The highest BCUT2D eigenvalue weighted by atomic mass is 16.5. The van der Waals surface area contributed by atoms with E-state index in [1.165, 1.54) is 6.33 Å². The number of anilines is 1. The van der Waals surface area contributed by atoms with Crippen LogP contribution < -0.4 is 4.90 Å². The van der Waals surface area contributed by atoms with E-state index in [-0.39, 0.29) is 11.7 Å². The number of ketones is 1. The summed E-state index contributed by atoms with van der Waals surface area (Å²) in [5, 5.41) is 4.79. The van der Waals surface area contributed by atoms with E-state index < -0.39 is 0 Å². The molecule has 0 amide bonds. The molecule has 7 heteroatoms. The summed E-state index contributed by atoms with van der Waals surface area (Å²) < 4.78 is 5.22. The lowest BCUT2D eigenvalue weighted by molar-refractivity contribution is 0.0902. The second-order valence-corrected chi connectivity index (χ2v) is 6.01. The van der Waals surface area contributed by atoms with Gasteiger partial charge in [-0.15, -0.1) is 0 Å². The van der Waals surface area contributed by atoms with Gasteiger partial charge in [0.25, 0.3) is 5.71 Å². The molecule has 24 heavy (non-hydrogen) atoms. The van der Waals surface area contributed by atoms with Gasteiger partial charge in [0.15, 0.2) is 5.78 Å². The number of nitrogens with zero attached hydrogens (tertiary/aromatic N) is 5. The second kappa shape index (κ2) is 5.99. The lowest BCUT2D eigenvalue weighted by Gasteiger charge is -2.32. The Bertz CT molecular complexity index is 877. The Labute approximate surface area is 138 Å². The van der Waals surface area contributed by atoms with Gasteiger partial charge in [0.05, 0.1) is 5.69 Å². The minimum Gasteiger partial charge on any atom is -0.355 e. The van der Waals surface area contributed by atoms with Crippen molar-refractivity contribution >= 4 is 22.7 Å². The average molecular weight is 323 g/mol. The number of piperidine rings is 1. The first-order valence-corrected chi connectivity index (χ1v) is 8.01. The van der Waals surface area contributed by atoms with E-state index in [2.05, 4.69) is 25.0 Å². The molecule has 3 aromatic heterocycles. The number of aryl methyl sites for hydroxylation is 1. The lowest BCUT2D eigenvalue weighted by atomic mass is 9.92. The fourth-order valence-corrected chi connectivity index (χ4v) is 3.24. The highest BCUT2D eigenvalue weighted by Crippen LogP contribution is 2.30. The first kappa shape index (κ1) is 14.7. The monoisotopic (exact) mass is 323 g/mol. The largest absolute Gasteiger partial charge is 0.355 e. The van der Waals surface area contributed by atoms with E-state index in [0.717, 1.165) is 36.3 Å². The molecule has 0 unspecified atom stereocenters. The van der Waals surface area contributed by atoms with Gasteiger partial charge in [-0.25, -0.2) is 4.98 Å². The summed E-state index contributed by atoms with van der Waals surface area (Å²) in [6.45, 7) is 3.34. The van der Waals surface area contributed by atoms with Gasteiger partial charge in [0.1, 0.15) is 23.2 Å². The van der Waals surface area contributed by atoms with Crippen LogP contribution in [0, 0.1) is 12.8 Å². The van der Waals surface area contributed by atoms with Crippen molar-refractivity contribution in [2.75, 3.05) is 18.0 Å². The van der Waals surface area contributed by atoms with Gasteiger partial charge in [0, 0.05) is 25.2 Å². The first-order chi connectivity index (χ1) is 11.7. The third kappa shape index (κ3) is 2.51. The Morgan fingerprint density at radius 1 is 1.29 bits per heavy atom. The van der Waals surface area contributed by atoms with Crippen molar-refractivity contribution in [3.8, 4) is 0 Å². The molecule has 7 nitrogen and oxygen atoms in total. The van der Waals surface area contributed by atoms with Crippen LogP contribution in [0.5, 0.6) is 0 Å². The van der Waals surface area contributed by atoms with Crippen LogP contribution in [-0.4, -0.2) is 39.0 Å². The number of hydrogen-bond donors (Lipinski definition) is 0. The Hall–Kier alpha value is -2.83. The number of Topliss-reactive ketones (excluding diaryl/α,β-unsaturated/α-hetero) is 1. The predicted molar refractivity (Wildman–Crippen MR) is 87.8 cm³/mol. The van der Waals surface area contributed by atoms with Gasteiger partial charge in [-0.1, -0.05) is 11.2 Å². The molecule has 0 bridgehead atoms. The Morgan fingerprint density at radius 3 is 3.04 bits per heavy atom. The molecule has 1 atom stereocenters. The predicted octanol–water partition coefficient (Wildman–Crippen LogP) is 2.42. The van der Waals surface area contributed by atoms with E-state index >= 15 is 0 Å². The van der Waals surface area contributed by atoms with Crippen molar-refractivity contribution in [3.05, 3.63) is 42.1 Å². The lowest BCUT2D eigenvalue weighted by Crippen LogP contribution is -2.39. The molecule has 4 heterocycles. The topological polar surface area (TPSA) is 85.0 Å². The highest BCUT2D eigenvalue weighted by molar-refractivity contribution is 5.97. The number of carbonyl (C=O) groups excluding carboxylic acids is 1. The molecule has 122 valence electrons. The number of aromatic nitrogens is 4. The molecular formula is C17H17N5O2. The zero-order chi connectivity index (χ0) is 16.5. The molecule has 0 saturated carbocycles. The van der Waals surface area contributed by atoms with Crippen LogP contribution in [0.4, 0.5) is 5.82 Å². The van der Waals surface area contributed by atoms with Gasteiger partial charge in [-0.05, 0) is 31.9 Å². The third-order valence-corrected chi connectivity index (χ3v) is 4.43. The summed E-state index contributed by atoms with van der Waals surface area (Å²) in [7, 11) is 0. The summed E-state index contributed by atoms with van der Waals surface area (Å²) >= 11 is 0. The average Bonchev–Trinajstić information content (AvgIpc) is 3.03. The number of hydrogen-bond acceptors (Lipinski definition) is 7. The van der Waals surface area contributed by atoms with Gasteiger partial charge in [-0.3, -0.25) is 9.78 Å². The van der Waals surface area contributed by atoms with Crippen molar-refractivity contribution in [1.29, 1.82) is 0 Å². The molecular weight excluding hydrogens is 306 g/mol. The van der Waals surface area contributed by atoms with E-state index in [1.807, 2.05) is 19.1 Å². The van der Waals surface area contributed by atoms with Crippen molar-refractivity contribution in [2.45, 2.75) is 19.8 Å². The maximum atomic E-state index is 12.7. The van der Waals surface area contributed by atoms with Crippen LogP contribution in [0.1, 0.15) is 29.0 Å². The standard InChI is InChI=1S/C17H17N5O2/c1-11-14-16(19-10-20-17(14)24-21-11)22-8-4-5-12(9-22)15(23)13-6-2-3-7-18-13/h2-3,6-7,10,12H,4-5,8-9H2,1H3/t12-/m1/s1. The number of fused-ring (bicyclic) bond motifs is 1. The molecule has 0 radical (unpaired) electrons. The van der Waals surface area contributed by atoms with Crippen LogP contribution in [-0.2, 0) is 0 Å². The maximum Gasteiger partial charge on any atom is 0.263 e. The molecule has 1 aliphatic rings. The molecule has 0 spiro atoms. The van der Waals surface area contributed by atoms with E-state index in [9.17, 15) is 4.79 Å². The molecule has 0 aliphatic carbocycles. The molecule has 3 aromatic rings. The van der Waals surface area contributed by atoms with Crippen LogP contribution in [0.3, 0.4) is 0 Å². The molecule has 1 fully saturated rings. The molecule has 1 aliphatic heterocycles. The molecule has 0 N–H and O–H groups in total. The van der Waals surface area contributed by atoms with Crippen LogP contribution in [0.2, 0.25) is 0 Å². The van der Waals surface area contributed by atoms with Crippen molar-refractivity contribution in [2.24, 2.45) is 5.92 Å². The minimum absolute atomic E-state index is 0.0844. The highest BCUT2D eigenvalue weighted by Gasteiger charge is 2.29. The Balaban J connectivity index is 1.63. The van der Waals surface area contributed by atoms with E-state index in [4.69, 9.17) is 4.52 Å². The Kier molecular flexibility index (Phi) is 3.68. The Morgan fingerprint density at radius 2 is 2.21 bits per heavy atom. The van der Waals surface area contributed by atoms with E-state index in [1.54, 1.807) is 12.3 Å². The van der Waals surface area contributed by atoms with Gasteiger partial charge in [-0.2, -0.15) is 4.98 Å². The van der Waals surface area contributed by atoms with Crippen LogP contribution in [0.15, 0.2) is 35.2 Å². The summed E-state index contributed by atoms with van der Waals surface area (Å²) in [6, 6.07) is 5.43. The SMILES string of the molecule is Cc1noc2ncnc(N3CCC[C@@H](C(=O)c4ccccn4)C3)c12. The summed E-state index contributed by atoms with van der Waals surface area (Å²) in [5.74, 6) is 0.795. The van der Waals surface area contributed by atoms with Gasteiger partial charge < -0.3 is 9.42 Å². The fourth-order valence-electron chi connectivity index (χ4n) is 3.24. The normalized spacial score (nSPS) is 18.0. The first-order valence-electron chi connectivity index (χ1n) is 8.01. The molecule has 0 aromatic carbocycles. The number of carbonyl (C=O) groups is 1. The minimum atomic E-state index is -0.0844. The summed E-state index contributed by atoms with van der Waals surface area (Å²) in [6.07, 6.45) is 4.93. The van der Waals surface area contributed by atoms with E-state index in [0.29, 0.717) is 18.0 Å². The number of rotatable bonds is 3. The van der Waals surface area contributed by atoms with Crippen molar-refractivity contribution in [3.63, 3.8) is 0 Å². The summed E-state index contributed by atoms with van der Waals surface area (Å²) in [4.78, 5) is 27.6. The summed E-state index contributed by atoms with van der Waals surface area (Å²) in [5.41, 5.74) is 1.77. The quantitative estimate of drug-likeness (QED) is 0.684. The van der Waals surface area contributed by atoms with Crippen molar-refractivity contribution in [1.82, 2.24) is 20.1 Å². The number of pyridine rings is 1. The fraction of sp³-hybridized carbons (Fsp3) is 0.353. The smallest absolute Gasteiger partial charge is 0.263 e. The van der Waals surface area contributed by atoms with Crippen LogP contribution >= 0.6 is 0 Å². The second-order valence-electron chi connectivity index (χ2n) is 6.01. The third-order valence-electron chi connectivity index (χ3n) is 4.43. The maximum absolute atomic E-state index is 12.7. The van der Waals surface area contributed by atoms with Gasteiger partial charge in [0.2, 0.25) is 0 Å². The van der Waals surface area contributed by atoms with Crippen LogP contribution in [0.25, 0.3) is 11.1 Å². The molecule has 4 rings (SSSR count). The van der Waals surface area contributed by atoms with Gasteiger partial charge >= 0.3 is 0 Å². The van der Waals surface area contributed by atoms with Crippen molar-refractivity contribution < 1.29 is 9.32 Å². The molecule has 1 saturated heterocycles. The zero-order valence-electron chi connectivity index (χ0n) is 13.3. The zero-order valence-corrected chi connectivity index (χ0v) is 13.3.